The number of aliphatic hydroxyl groups is 1. The number of fused-ring (bicyclic) bond motifs is 1. The third-order valence-corrected chi connectivity index (χ3v) is 6.15. The van der Waals surface area contributed by atoms with Crippen LogP contribution in [0.1, 0.15) is 32.3 Å². The van der Waals surface area contributed by atoms with Crippen LogP contribution >= 0.6 is 11.3 Å². The average Bonchev–Trinajstić information content (AvgIpc) is 3.05. The molecule has 2 aromatic heterocycles. The van der Waals surface area contributed by atoms with E-state index < -0.39 is 5.60 Å². The maximum absolute atomic E-state index is 10.2. The minimum atomic E-state index is -0.568. The monoisotopic (exact) mass is 383 g/mol. The smallest absolute Gasteiger partial charge is 0.281 e. The Kier molecular flexibility index (Phi) is 5.12. The summed E-state index contributed by atoms with van der Waals surface area (Å²) in [6.07, 6.45) is 3.84. The molecule has 0 radical (unpaired) electrons. The first-order chi connectivity index (χ1) is 13.0. The van der Waals surface area contributed by atoms with E-state index in [1.54, 1.807) is 6.20 Å². The number of hydrogen-bond acceptors (Lipinski definition) is 6. The maximum atomic E-state index is 10.2. The molecule has 5 nitrogen and oxygen atoms in total. The lowest BCUT2D eigenvalue weighted by Gasteiger charge is -2.37. The minimum absolute atomic E-state index is 0.396. The van der Waals surface area contributed by atoms with Crippen molar-refractivity contribution in [2.45, 2.75) is 38.8 Å². The van der Waals surface area contributed by atoms with Gasteiger partial charge in [-0.15, -0.1) is 0 Å². The van der Waals surface area contributed by atoms with Gasteiger partial charge in [-0.3, -0.25) is 4.90 Å². The number of nitrogens with zero attached hydrogens (tertiary/aromatic N) is 3. The molecule has 1 saturated heterocycles. The summed E-state index contributed by atoms with van der Waals surface area (Å²) in [4.78, 5) is 11.1. The summed E-state index contributed by atoms with van der Waals surface area (Å²) in [5.41, 5.74) is 1.43. The molecule has 0 spiro atoms. The van der Waals surface area contributed by atoms with Gasteiger partial charge in [0.1, 0.15) is 5.75 Å². The van der Waals surface area contributed by atoms with Crippen molar-refractivity contribution in [3.8, 4) is 10.9 Å². The Morgan fingerprint density at radius 1 is 1.19 bits per heavy atom. The fourth-order valence-corrected chi connectivity index (χ4v) is 4.41. The third-order valence-electron chi connectivity index (χ3n) is 5.27. The van der Waals surface area contributed by atoms with Gasteiger partial charge in [0.25, 0.3) is 5.19 Å². The minimum Gasteiger partial charge on any atom is -0.431 e. The van der Waals surface area contributed by atoms with Gasteiger partial charge in [-0.25, -0.2) is 4.98 Å². The number of piperidine rings is 1. The average molecular weight is 384 g/mol. The summed E-state index contributed by atoms with van der Waals surface area (Å²) in [6.45, 7) is 6.85. The number of rotatable bonds is 5. The molecule has 1 aromatic carbocycles. The van der Waals surface area contributed by atoms with Crippen LogP contribution in [0.2, 0.25) is 0 Å². The van der Waals surface area contributed by atoms with Crippen molar-refractivity contribution in [2.75, 3.05) is 13.1 Å². The summed E-state index contributed by atoms with van der Waals surface area (Å²) in [6, 6.07) is 12.1. The van der Waals surface area contributed by atoms with Gasteiger partial charge in [0.05, 0.1) is 10.3 Å². The van der Waals surface area contributed by atoms with Crippen molar-refractivity contribution < 1.29 is 9.84 Å². The van der Waals surface area contributed by atoms with Crippen molar-refractivity contribution in [3.05, 3.63) is 48.2 Å². The van der Waals surface area contributed by atoms with E-state index in [1.807, 2.05) is 38.1 Å². The molecular formula is C21H25N3O2S. The lowest BCUT2D eigenvalue weighted by molar-refractivity contribution is -0.0136. The molecule has 4 rings (SSSR count). The molecule has 1 N–H and O–H groups in total. The van der Waals surface area contributed by atoms with Gasteiger partial charge in [0, 0.05) is 12.7 Å². The predicted octanol–water partition coefficient (Wildman–Crippen LogP) is 4.47. The maximum Gasteiger partial charge on any atom is 0.281 e. The molecule has 1 aliphatic rings. The summed E-state index contributed by atoms with van der Waals surface area (Å²) >= 11 is 1.50. The number of benzene rings is 1. The second-order valence-corrected chi connectivity index (χ2v) is 8.75. The van der Waals surface area contributed by atoms with E-state index in [-0.39, 0.29) is 0 Å². The van der Waals surface area contributed by atoms with Gasteiger partial charge in [-0.2, -0.15) is 4.98 Å². The van der Waals surface area contributed by atoms with Gasteiger partial charge in [-0.1, -0.05) is 23.5 Å². The third kappa shape index (κ3) is 4.46. The number of aromatic nitrogens is 2. The molecule has 3 aromatic rings. The topological polar surface area (TPSA) is 58.5 Å². The molecule has 0 aliphatic carbocycles. The molecule has 0 atom stereocenters. The quantitative estimate of drug-likeness (QED) is 0.705. The van der Waals surface area contributed by atoms with Gasteiger partial charge < -0.3 is 9.84 Å². The van der Waals surface area contributed by atoms with Gasteiger partial charge >= 0.3 is 0 Å². The standard InChI is InChI=1S/C21H25N3O2S/c1-21(2,25)16-9-12-24(13-10-16)14-15-5-7-17(8-6-15)26-20-23-19-18(27-20)4-3-11-22-19/h3-8,11,16,25H,9-10,12-14H2,1-2H3. The van der Waals surface area contributed by atoms with Crippen molar-refractivity contribution in [3.63, 3.8) is 0 Å². The van der Waals surface area contributed by atoms with Crippen LogP contribution in [0.3, 0.4) is 0 Å². The van der Waals surface area contributed by atoms with E-state index >= 15 is 0 Å². The van der Waals surface area contributed by atoms with E-state index in [4.69, 9.17) is 4.74 Å². The molecule has 0 saturated carbocycles. The van der Waals surface area contributed by atoms with Crippen LogP contribution in [0.15, 0.2) is 42.6 Å². The lowest BCUT2D eigenvalue weighted by atomic mass is 9.83. The molecule has 1 aliphatic heterocycles. The van der Waals surface area contributed by atoms with Crippen molar-refractivity contribution in [2.24, 2.45) is 5.92 Å². The molecule has 0 amide bonds. The highest BCUT2D eigenvalue weighted by Crippen LogP contribution is 2.31. The number of thiazole rings is 1. The largest absolute Gasteiger partial charge is 0.431 e. The zero-order chi connectivity index (χ0) is 18.9. The molecule has 0 bridgehead atoms. The predicted molar refractivity (Wildman–Crippen MR) is 108 cm³/mol. The van der Waals surface area contributed by atoms with Gasteiger partial charge in [-0.05, 0) is 75.5 Å². The summed E-state index contributed by atoms with van der Waals surface area (Å²) in [7, 11) is 0. The summed E-state index contributed by atoms with van der Waals surface area (Å²) in [5.74, 6) is 1.19. The van der Waals surface area contributed by atoms with E-state index in [9.17, 15) is 5.11 Å². The second-order valence-electron chi connectivity index (χ2n) is 7.76. The highest BCUT2D eigenvalue weighted by atomic mass is 32.1. The van der Waals surface area contributed by atoms with E-state index in [0.29, 0.717) is 11.1 Å². The van der Waals surface area contributed by atoms with Crippen LogP contribution in [-0.4, -0.2) is 38.7 Å². The van der Waals surface area contributed by atoms with Crippen molar-refractivity contribution in [1.29, 1.82) is 0 Å². The van der Waals surface area contributed by atoms with Crippen LogP contribution in [0, 0.1) is 5.92 Å². The number of ether oxygens (including phenoxy) is 1. The SMILES string of the molecule is CC(C)(O)C1CCN(Cc2ccc(Oc3nc4ncccc4s3)cc2)CC1. The number of pyridine rings is 1. The normalized spacial score (nSPS) is 16.7. The van der Waals surface area contributed by atoms with Gasteiger partial charge in [0.15, 0.2) is 5.65 Å². The second kappa shape index (κ2) is 7.54. The highest BCUT2D eigenvalue weighted by Gasteiger charge is 2.30. The van der Waals surface area contributed by atoms with E-state index in [0.717, 1.165) is 48.6 Å². The zero-order valence-corrected chi connectivity index (χ0v) is 16.6. The molecular weight excluding hydrogens is 358 g/mol. The van der Waals surface area contributed by atoms with Crippen LogP contribution in [-0.2, 0) is 6.54 Å². The highest BCUT2D eigenvalue weighted by molar-refractivity contribution is 7.20. The van der Waals surface area contributed by atoms with Crippen LogP contribution in [0.4, 0.5) is 0 Å². The van der Waals surface area contributed by atoms with Crippen molar-refractivity contribution >= 4 is 21.7 Å². The lowest BCUT2D eigenvalue weighted by Crippen LogP contribution is -2.41. The molecule has 0 unspecified atom stereocenters. The van der Waals surface area contributed by atoms with Gasteiger partial charge in [0.2, 0.25) is 0 Å². The Bertz CT molecular complexity index is 861. The number of hydrogen-bond donors (Lipinski definition) is 1. The van der Waals surface area contributed by atoms with E-state index in [1.165, 1.54) is 16.9 Å². The zero-order valence-electron chi connectivity index (χ0n) is 15.8. The molecule has 6 heteroatoms. The Hall–Kier alpha value is -2.02. The van der Waals surface area contributed by atoms with E-state index in [2.05, 4.69) is 27.0 Å². The summed E-state index contributed by atoms with van der Waals surface area (Å²) in [5, 5.41) is 10.8. The Morgan fingerprint density at radius 2 is 1.93 bits per heavy atom. The van der Waals surface area contributed by atoms with Crippen LogP contribution < -0.4 is 4.74 Å². The first kappa shape index (κ1) is 18.3. The Balaban J connectivity index is 1.34. The Labute approximate surface area is 163 Å². The first-order valence-electron chi connectivity index (χ1n) is 9.40. The summed E-state index contributed by atoms with van der Waals surface area (Å²) < 4.78 is 6.91. The number of likely N-dealkylation sites (tertiary alicyclic amines) is 1. The molecule has 3 heterocycles. The Morgan fingerprint density at radius 3 is 2.59 bits per heavy atom. The molecule has 27 heavy (non-hydrogen) atoms. The van der Waals surface area contributed by atoms with Crippen LogP contribution in [0.5, 0.6) is 10.9 Å². The van der Waals surface area contributed by atoms with Crippen molar-refractivity contribution in [1.82, 2.24) is 14.9 Å². The molecule has 142 valence electrons. The van der Waals surface area contributed by atoms with Crippen LogP contribution in [0.25, 0.3) is 10.3 Å². The fourth-order valence-electron chi connectivity index (χ4n) is 3.61. The fraction of sp³-hybridized carbons (Fsp3) is 0.429. The molecule has 1 fully saturated rings. The first-order valence-corrected chi connectivity index (χ1v) is 10.2.